The molecule has 0 saturated heterocycles. The van der Waals surface area contributed by atoms with Crippen LogP contribution in [-0.4, -0.2) is 18.9 Å². The number of primary amides is 1. The molecule has 0 radical (unpaired) electrons. The Bertz CT molecular complexity index is 648. The zero-order chi connectivity index (χ0) is 14.7. The molecule has 2 aromatic carbocycles. The first kappa shape index (κ1) is 13.8. The number of rotatable bonds is 3. The number of hydrogen-bond donors (Lipinski definition) is 1. The van der Waals surface area contributed by atoms with Gasteiger partial charge in [-0.25, -0.2) is 0 Å². The number of para-hydroxylation sites is 1. The Morgan fingerprint density at radius 3 is 2.20 bits per heavy atom. The van der Waals surface area contributed by atoms with E-state index in [9.17, 15) is 9.59 Å². The van der Waals surface area contributed by atoms with Crippen LogP contribution in [0.15, 0.2) is 48.5 Å². The monoisotopic (exact) mass is 268 g/mol. The SMILES string of the molecule is Cc1ccc(C(=O)N(C)c2ccccc2C(N)=O)cc1. The first-order valence-corrected chi connectivity index (χ1v) is 6.24. The van der Waals surface area contributed by atoms with Crippen molar-refractivity contribution < 1.29 is 9.59 Å². The van der Waals surface area contributed by atoms with E-state index in [4.69, 9.17) is 5.73 Å². The summed E-state index contributed by atoms with van der Waals surface area (Å²) in [4.78, 5) is 25.3. The van der Waals surface area contributed by atoms with E-state index in [1.807, 2.05) is 19.1 Å². The number of nitrogens with two attached hydrogens (primary N) is 1. The first-order valence-electron chi connectivity index (χ1n) is 6.24. The number of aryl methyl sites for hydroxylation is 1. The molecule has 2 amide bonds. The van der Waals surface area contributed by atoms with Crippen molar-refractivity contribution in [2.24, 2.45) is 5.73 Å². The number of amides is 2. The number of nitrogens with zero attached hydrogens (tertiary/aromatic N) is 1. The van der Waals surface area contributed by atoms with E-state index in [1.165, 1.54) is 4.90 Å². The lowest BCUT2D eigenvalue weighted by molar-refractivity contribution is 0.0992. The maximum absolute atomic E-state index is 12.4. The molecule has 0 aliphatic carbocycles. The Morgan fingerprint density at radius 2 is 1.60 bits per heavy atom. The Balaban J connectivity index is 2.36. The molecule has 0 saturated carbocycles. The predicted octanol–water partition coefficient (Wildman–Crippen LogP) is 2.37. The second kappa shape index (κ2) is 5.57. The highest BCUT2D eigenvalue weighted by molar-refractivity contribution is 6.09. The standard InChI is InChI=1S/C16H16N2O2/c1-11-7-9-12(10-8-11)16(20)18(2)14-6-4-3-5-13(14)15(17)19/h3-10H,1-2H3,(H2,17,19). The van der Waals surface area contributed by atoms with Crippen LogP contribution in [0.3, 0.4) is 0 Å². The second-order valence-electron chi connectivity index (χ2n) is 4.61. The van der Waals surface area contributed by atoms with Crippen molar-refractivity contribution in [1.82, 2.24) is 0 Å². The van der Waals surface area contributed by atoms with Crippen LogP contribution in [0, 0.1) is 6.92 Å². The molecule has 0 spiro atoms. The Kier molecular flexibility index (Phi) is 3.84. The maximum Gasteiger partial charge on any atom is 0.258 e. The zero-order valence-electron chi connectivity index (χ0n) is 11.5. The van der Waals surface area contributed by atoms with E-state index in [-0.39, 0.29) is 5.91 Å². The van der Waals surface area contributed by atoms with E-state index in [1.54, 1.807) is 43.4 Å². The van der Waals surface area contributed by atoms with Gasteiger partial charge in [-0.1, -0.05) is 29.8 Å². The van der Waals surface area contributed by atoms with Crippen LogP contribution < -0.4 is 10.6 Å². The van der Waals surface area contributed by atoms with E-state index < -0.39 is 5.91 Å². The third-order valence-corrected chi connectivity index (χ3v) is 3.13. The minimum atomic E-state index is -0.552. The molecule has 102 valence electrons. The van der Waals surface area contributed by atoms with Gasteiger partial charge in [-0.2, -0.15) is 0 Å². The molecule has 0 atom stereocenters. The molecule has 0 bridgehead atoms. The summed E-state index contributed by atoms with van der Waals surface area (Å²) in [6.45, 7) is 1.96. The van der Waals surface area contributed by atoms with Gasteiger partial charge in [0.2, 0.25) is 0 Å². The fraction of sp³-hybridized carbons (Fsp3) is 0.125. The average molecular weight is 268 g/mol. The van der Waals surface area contributed by atoms with Crippen LogP contribution in [0.2, 0.25) is 0 Å². The third kappa shape index (κ3) is 2.69. The summed E-state index contributed by atoms with van der Waals surface area (Å²) in [5.41, 5.74) is 7.82. The average Bonchev–Trinajstić information content (AvgIpc) is 2.46. The van der Waals surface area contributed by atoms with Crippen LogP contribution in [0.1, 0.15) is 26.3 Å². The third-order valence-electron chi connectivity index (χ3n) is 3.13. The smallest absolute Gasteiger partial charge is 0.258 e. The molecule has 2 aromatic rings. The molecule has 0 fully saturated rings. The van der Waals surface area contributed by atoms with Crippen molar-refractivity contribution in [3.8, 4) is 0 Å². The summed E-state index contributed by atoms with van der Waals surface area (Å²) in [7, 11) is 1.63. The molecule has 2 rings (SSSR count). The summed E-state index contributed by atoms with van der Waals surface area (Å²) in [6.07, 6.45) is 0. The first-order chi connectivity index (χ1) is 9.50. The summed E-state index contributed by atoms with van der Waals surface area (Å²) in [6, 6.07) is 14.1. The molecule has 20 heavy (non-hydrogen) atoms. The van der Waals surface area contributed by atoms with Crippen molar-refractivity contribution in [2.45, 2.75) is 6.92 Å². The highest BCUT2D eigenvalue weighted by atomic mass is 16.2. The summed E-state index contributed by atoms with van der Waals surface area (Å²) in [5.74, 6) is -0.733. The lowest BCUT2D eigenvalue weighted by atomic mass is 10.1. The Hall–Kier alpha value is -2.62. The predicted molar refractivity (Wildman–Crippen MR) is 78.9 cm³/mol. The number of hydrogen-bond acceptors (Lipinski definition) is 2. The van der Waals surface area contributed by atoms with E-state index >= 15 is 0 Å². The summed E-state index contributed by atoms with van der Waals surface area (Å²) in [5, 5.41) is 0. The van der Waals surface area contributed by atoms with Crippen LogP contribution in [0.5, 0.6) is 0 Å². The summed E-state index contributed by atoms with van der Waals surface area (Å²) >= 11 is 0. The zero-order valence-corrected chi connectivity index (χ0v) is 11.5. The minimum Gasteiger partial charge on any atom is -0.366 e. The van der Waals surface area contributed by atoms with Gasteiger partial charge in [0.05, 0.1) is 11.3 Å². The molecule has 2 N–H and O–H groups in total. The number of anilines is 1. The number of carbonyl (C=O) groups excluding carboxylic acids is 2. The number of carbonyl (C=O) groups is 2. The molecule has 0 aliphatic rings. The van der Waals surface area contributed by atoms with Crippen LogP contribution in [0.4, 0.5) is 5.69 Å². The Labute approximate surface area is 117 Å². The van der Waals surface area contributed by atoms with E-state index in [2.05, 4.69) is 0 Å². The molecule has 0 heterocycles. The fourth-order valence-corrected chi connectivity index (χ4v) is 1.97. The molecular weight excluding hydrogens is 252 g/mol. The summed E-state index contributed by atoms with van der Waals surface area (Å²) < 4.78 is 0. The van der Waals surface area contributed by atoms with Gasteiger partial charge in [0, 0.05) is 12.6 Å². The molecule has 0 aliphatic heterocycles. The van der Waals surface area contributed by atoms with Crippen molar-refractivity contribution >= 4 is 17.5 Å². The van der Waals surface area contributed by atoms with Gasteiger partial charge in [-0.05, 0) is 31.2 Å². The van der Waals surface area contributed by atoms with Gasteiger partial charge in [-0.3, -0.25) is 9.59 Å². The molecule has 4 nitrogen and oxygen atoms in total. The van der Waals surface area contributed by atoms with Crippen LogP contribution in [0.25, 0.3) is 0 Å². The molecule has 4 heteroatoms. The lowest BCUT2D eigenvalue weighted by Gasteiger charge is -2.19. The molecular formula is C16H16N2O2. The number of benzene rings is 2. The quantitative estimate of drug-likeness (QED) is 0.928. The highest BCUT2D eigenvalue weighted by Gasteiger charge is 2.17. The van der Waals surface area contributed by atoms with Crippen molar-refractivity contribution in [3.05, 3.63) is 65.2 Å². The van der Waals surface area contributed by atoms with Crippen molar-refractivity contribution in [2.75, 3.05) is 11.9 Å². The van der Waals surface area contributed by atoms with Crippen LogP contribution >= 0.6 is 0 Å². The van der Waals surface area contributed by atoms with Gasteiger partial charge in [0.25, 0.3) is 11.8 Å². The van der Waals surface area contributed by atoms with Gasteiger partial charge in [0.1, 0.15) is 0 Å². The van der Waals surface area contributed by atoms with E-state index in [0.29, 0.717) is 16.8 Å². The van der Waals surface area contributed by atoms with Gasteiger partial charge >= 0.3 is 0 Å². The molecule has 0 aromatic heterocycles. The van der Waals surface area contributed by atoms with Gasteiger partial charge < -0.3 is 10.6 Å². The van der Waals surface area contributed by atoms with Crippen molar-refractivity contribution in [3.63, 3.8) is 0 Å². The second-order valence-corrected chi connectivity index (χ2v) is 4.61. The van der Waals surface area contributed by atoms with Crippen LogP contribution in [-0.2, 0) is 0 Å². The lowest BCUT2D eigenvalue weighted by Crippen LogP contribution is -2.28. The highest BCUT2D eigenvalue weighted by Crippen LogP contribution is 2.20. The topological polar surface area (TPSA) is 63.4 Å². The fourth-order valence-electron chi connectivity index (χ4n) is 1.97. The maximum atomic E-state index is 12.4. The molecule has 0 unspecified atom stereocenters. The Morgan fingerprint density at radius 1 is 1.00 bits per heavy atom. The largest absolute Gasteiger partial charge is 0.366 e. The normalized spacial score (nSPS) is 10.1. The van der Waals surface area contributed by atoms with Crippen molar-refractivity contribution in [1.29, 1.82) is 0 Å². The van der Waals surface area contributed by atoms with Gasteiger partial charge in [0.15, 0.2) is 0 Å². The van der Waals surface area contributed by atoms with E-state index in [0.717, 1.165) is 5.56 Å². The van der Waals surface area contributed by atoms with Gasteiger partial charge in [-0.15, -0.1) is 0 Å². The minimum absolute atomic E-state index is 0.182.